The lowest BCUT2D eigenvalue weighted by atomic mass is 10.00. The molecule has 1 N–H and O–H groups in total. The number of benzene rings is 2. The molecule has 140 valence electrons. The number of hydrogen-bond acceptors (Lipinski definition) is 3. The third-order valence-electron chi connectivity index (χ3n) is 5.50. The van der Waals surface area contributed by atoms with Crippen molar-refractivity contribution in [2.45, 2.75) is 31.8 Å². The van der Waals surface area contributed by atoms with E-state index in [0.29, 0.717) is 6.04 Å². The van der Waals surface area contributed by atoms with Crippen molar-refractivity contribution in [3.8, 4) is 0 Å². The molecule has 4 rings (SSSR count). The molecule has 1 saturated heterocycles. The highest BCUT2D eigenvalue weighted by atomic mass is 16.2. The van der Waals surface area contributed by atoms with E-state index in [-0.39, 0.29) is 5.91 Å². The van der Waals surface area contributed by atoms with Crippen LogP contribution in [0.3, 0.4) is 0 Å². The SMILES string of the molecule is CN(C[C@@H]1CCCCN1Cc1ccccc1)C(=O)c1ccc2[nH]ncc2c1. The number of aromatic amines is 1. The number of carbonyl (C=O) groups excluding carboxylic acids is 1. The lowest BCUT2D eigenvalue weighted by Gasteiger charge is -2.38. The number of piperidine rings is 1. The molecule has 1 aliphatic heterocycles. The van der Waals surface area contributed by atoms with Gasteiger partial charge in [-0.3, -0.25) is 14.8 Å². The molecule has 0 saturated carbocycles. The van der Waals surface area contributed by atoms with Gasteiger partial charge in [0, 0.05) is 37.1 Å². The maximum Gasteiger partial charge on any atom is 0.253 e. The summed E-state index contributed by atoms with van der Waals surface area (Å²) in [6.45, 7) is 2.81. The van der Waals surface area contributed by atoms with Gasteiger partial charge < -0.3 is 4.90 Å². The van der Waals surface area contributed by atoms with Gasteiger partial charge in [-0.2, -0.15) is 5.10 Å². The van der Waals surface area contributed by atoms with E-state index >= 15 is 0 Å². The zero-order chi connectivity index (χ0) is 18.6. The highest BCUT2D eigenvalue weighted by Crippen LogP contribution is 2.21. The van der Waals surface area contributed by atoms with E-state index in [1.165, 1.54) is 18.4 Å². The first-order valence-electron chi connectivity index (χ1n) is 9.67. The van der Waals surface area contributed by atoms with Gasteiger partial charge in [-0.05, 0) is 43.1 Å². The summed E-state index contributed by atoms with van der Waals surface area (Å²) in [5.41, 5.74) is 3.01. The number of fused-ring (bicyclic) bond motifs is 1. The minimum atomic E-state index is 0.0725. The van der Waals surface area contributed by atoms with Crippen LogP contribution in [0.2, 0.25) is 0 Å². The first-order chi connectivity index (χ1) is 13.2. The predicted octanol–water partition coefficient (Wildman–Crippen LogP) is 3.69. The molecule has 1 atom stereocenters. The monoisotopic (exact) mass is 362 g/mol. The number of nitrogens with one attached hydrogen (secondary N) is 1. The van der Waals surface area contributed by atoms with Gasteiger partial charge in [-0.25, -0.2) is 0 Å². The molecule has 5 nitrogen and oxygen atoms in total. The van der Waals surface area contributed by atoms with E-state index in [2.05, 4.69) is 45.4 Å². The molecule has 2 aromatic carbocycles. The van der Waals surface area contributed by atoms with Crippen molar-refractivity contribution >= 4 is 16.8 Å². The molecule has 0 aliphatic carbocycles. The average Bonchev–Trinajstić information content (AvgIpc) is 3.17. The Kier molecular flexibility index (Phi) is 5.21. The molecule has 3 aromatic rings. The van der Waals surface area contributed by atoms with Crippen LogP contribution < -0.4 is 0 Å². The minimum Gasteiger partial charge on any atom is -0.340 e. The first kappa shape index (κ1) is 17.7. The summed E-state index contributed by atoms with van der Waals surface area (Å²) in [7, 11) is 1.91. The van der Waals surface area contributed by atoms with Gasteiger partial charge in [0.1, 0.15) is 0 Å². The molecule has 2 heterocycles. The topological polar surface area (TPSA) is 52.2 Å². The Hall–Kier alpha value is -2.66. The number of nitrogens with zero attached hydrogens (tertiary/aromatic N) is 3. The van der Waals surface area contributed by atoms with Crippen LogP contribution in [-0.4, -0.2) is 52.1 Å². The fourth-order valence-corrected chi connectivity index (χ4v) is 3.99. The summed E-state index contributed by atoms with van der Waals surface area (Å²) in [5, 5.41) is 7.93. The molecule has 1 amide bonds. The second-order valence-electron chi connectivity index (χ2n) is 7.46. The van der Waals surface area contributed by atoms with Gasteiger partial charge in [0.15, 0.2) is 0 Å². The maximum absolute atomic E-state index is 12.9. The van der Waals surface area contributed by atoms with Crippen LogP contribution in [-0.2, 0) is 6.54 Å². The predicted molar refractivity (Wildman–Crippen MR) is 108 cm³/mol. The Balaban J connectivity index is 1.44. The zero-order valence-corrected chi connectivity index (χ0v) is 15.8. The van der Waals surface area contributed by atoms with Crippen molar-refractivity contribution in [2.24, 2.45) is 0 Å². The highest BCUT2D eigenvalue weighted by Gasteiger charge is 2.25. The summed E-state index contributed by atoms with van der Waals surface area (Å²) >= 11 is 0. The molecule has 5 heteroatoms. The number of aromatic nitrogens is 2. The number of likely N-dealkylation sites (tertiary alicyclic amines) is 1. The Labute approximate surface area is 160 Å². The van der Waals surface area contributed by atoms with E-state index in [1.807, 2.05) is 30.1 Å². The van der Waals surface area contributed by atoms with E-state index in [0.717, 1.165) is 42.5 Å². The van der Waals surface area contributed by atoms with Crippen molar-refractivity contribution < 1.29 is 4.79 Å². The zero-order valence-electron chi connectivity index (χ0n) is 15.8. The molecule has 0 spiro atoms. The first-order valence-corrected chi connectivity index (χ1v) is 9.67. The summed E-state index contributed by atoms with van der Waals surface area (Å²) in [6.07, 6.45) is 5.37. The molecule has 27 heavy (non-hydrogen) atoms. The number of likely N-dealkylation sites (N-methyl/N-ethyl adjacent to an activating group) is 1. The third kappa shape index (κ3) is 4.03. The molecule has 0 radical (unpaired) electrons. The normalized spacial score (nSPS) is 17.9. The van der Waals surface area contributed by atoms with E-state index in [1.54, 1.807) is 6.20 Å². The summed E-state index contributed by atoms with van der Waals surface area (Å²) in [6, 6.07) is 16.7. The van der Waals surface area contributed by atoms with E-state index in [4.69, 9.17) is 0 Å². The van der Waals surface area contributed by atoms with Crippen molar-refractivity contribution in [3.63, 3.8) is 0 Å². The largest absolute Gasteiger partial charge is 0.340 e. The Morgan fingerprint density at radius 1 is 1.22 bits per heavy atom. The molecular weight excluding hydrogens is 336 g/mol. The van der Waals surface area contributed by atoms with Gasteiger partial charge in [0.2, 0.25) is 0 Å². The van der Waals surface area contributed by atoms with Crippen molar-refractivity contribution in [2.75, 3.05) is 20.1 Å². The highest BCUT2D eigenvalue weighted by molar-refractivity contribution is 5.97. The maximum atomic E-state index is 12.9. The fourth-order valence-electron chi connectivity index (χ4n) is 3.99. The average molecular weight is 362 g/mol. The molecule has 1 fully saturated rings. The van der Waals surface area contributed by atoms with Crippen LogP contribution in [0, 0.1) is 0 Å². The lowest BCUT2D eigenvalue weighted by molar-refractivity contribution is 0.0670. The third-order valence-corrected chi connectivity index (χ3v) is 5.50. The summed E-state index contributed by atoms with van der Waals surface area (Å²) < 4.78 is 0. The molecule has 1 aliphatic rings. The number of hydrogen-bond donors (Lipinski definition) is 1. The van der Waals surface area contributed by atoms with Crippen LogP contribution in [0.15, 0.2) is 54.7 Å². The van der Waals surface area contributed by atoms with Crippen LogP contribution in [0.5, 0.6) is 0 Å². The number of carbonyl (C=O) groups is 1. The fraction of sp³-hybridized carbons (Fsp3) is 0.364. The Morgan fingerprint density at radius 3 is 2.93 bits per heavy atom. The van der Waals surface area contributed by atoms with Gasteiger partial charge in [-0.1, -0.05) is 36.8 Å². The van der Waals surface area contributed by atoms with Gasteiger partial charge in [0.05, 0.1) is 11.7 Å². The summed E-state index contributed by atoms with van der Waals surface area (Å²) in [5.74, 6) is 0.0725. The number of H-pyrrole nitrogens is 1. The van der Waals surface area contributed by atoms with Gasteiger partial charge in [-0.15, -0.1) is 0 Å². The van der Waals surface area contributed by atoms with E-state index < -0.39 is 0 Å². The van der Waals surface area contributed by atoms with Crippen LogP contribution in [0.25, 0.3) is 10.9 Å². The summed E-state index contributed by atoms with van der Waals surface area (Å²) in [4.78, 5) is 17.3. The number of rotatable bonds is 5. The van der Waals surface area contributed by atoms with Crippen LogP contribution >= 0.6 is 0 Å². The number of amides is 1. The second kappa shape index (κ2) is 7.92. The van der Waals surface area contributed by atoms with Crippen LogP contribution in [0.4, 0.5) is 0 Å². The van der Waals surface area contributed by atoms with Crippen LogP contribution in [0.1, 0.15) is 35.2 Å². The molecule has 1 aromatic heterocycles. The van der Waals surface area contributed by atoms with Crippen molar-refractivity contribution in [1.82, 2.24) is 20.0 Å². The Morgan fingerprint density at radius 2 is 2.07 bits per heavy atom. The Bertz CT molecular complexity index is 905. The van der Waals surface area contributed by atoms with Gasteiger partial charge >= 0.3 is 0 Å². The minimum absolute atomic E-state index is 0.0725. The smallest absolute Gasteiger partial charge is 0.253 e. The lowest BCUT2D eigenvalue weighted by Crippen LogP contribution is -2.46. The molecular formula is C22H26N4O. The quantitative estimate of drug-likeness (QED) is 0.753. The standard InChI is InChI=1S/C22H26N4O/c1-25(22(27)18-10-11-21-19(13-18)14-23-24-21)16-20-9-5-6-12-26(20)15-17-7-3-2-4-8-17/h2-4,7-8,10-11,13-14,20H,5-6,9,12,15-16H2,1H3,(H,23,24)/t20-/m0/s1. The molecule has 0 unspecified atom stereocenters. The van der Waals surface area contributed by atoms with Crippen molar-refractivity contribution in [1.29, 1.82) is 0 Å². The van der Waals surface area contributed by atoms with Crippen molar-refractivity contribution in [3.05, 3.63) is 65.9 Å². The second-order valence-corrected chi connectivity index (χ2v) is 7.46. The molecule has 0 bridgehead atoms. The van der Waals surface area contributed by atoms with Gasteiger partial charge in [0.25, 0.3) is 5.91 Å². The van der Waals surface area contributed by atoms with E-state index in [9.17, 15) is 4.79 Å².